The van der Waals surface area contributed by atoms with Crippen molar-refractivity contribution in [3.05, 3.63) is 29.8 Å². The minimum Gasteiger partial charge on any atom is -0.481 e. The summed E-state index contributed by atoms with van der Waals surface area (Å²) in [4.78, 5) is 22.4. The molecule has 0 aliphatic heterocycles. The van der Waals surface area contributed by atoms with E-state index in [-0.39, 0.29) is 12.2 Å². The van der Waals surface area contributed by atoms with Gasteiger partial charge in [-0.2, -0.15) is 0 Å². The molecular weight excluding hydrogens is 306 g/mol. The summed E-state index contributed by atoms with van der Waals surface area (Å²) >= 11 is 0. The third kappa shape index (κ3) is 7.21. The fraction of sp³-hybridized carbons (Fsp3) is 0.467. The van der Waals surface area contributed by atoms with Crippen molar-refractivity contribution >= 4 is 27.4 Å². The molecule has 0 atom stereocenters. The zero-order valence-corrected chi connectivity index (χ0v) is 13.4. The maximum Gasteiger partial charge on any atom is 0.307 e. The van der Waals surface area contributed by atoms with Gasteiger partial charge in [0.25, 0.3) is 0 Å². The minimum atomic E-state index is -3.41. The summed E-state index contributed by atoms with van der Waals surface area (Å²) in [5.41, 5.74) is 0.934. The number of rotatable bonds is 9. The molecule has 122 valence electrons. The second kappa shape index (κ2) is 8.53. The van der Waals surface area contributed by atoms with Gasteiger partial charge in [-0.15, -0.1) is 0 Å². The Bertz CT molecular complexity index is 625. The van der Waals surface area contributed by atoms with Crippen LogP contribution < -0.4 is 5.32 Å². The number of sulfone groups is 1. The van der Waals surface area contributed by atoms with Crippen molar-refractivity contribution in [2.24, 2.45) is 0 Å². The number of carbonyl (C=O) groups excluding carboxylic acids is 1. The third-order valence-corrected chi connectivity index (χ3v) is 4.59. The predicted molar refractivity (Wildman–Crippen MR) is 84.6 cm³/mol. The van der Waals surface area contributed by atoms with E-state index >= 15 is 0 Å². The fourth-order valence-corrected chi connectivity index (χ4v) is 3.23. The molecule has 6 nitrogen and oxygen atoms in total. The van der Waals surface area contributed by atoms with Gasteiger partial charge >= 0.3 is 5.97 Å². The van der Waals surface area contributed by atoms with Crippen LogP contribution in [0.4, 0.5) is 5.69 Å². The second-order valence-corrected chi connectivity index (χ2v) is 7.30. The number of aliphatic carboxylic acids is 1. The van der Waals surface area contributed by atoms with Gasteiger partial charge in [-0.25, -0.2) is 8.42 Å². The van der Waals surface area contributed by atoms with Gasteiger partial charge in [-0.1, -0.05) is 31.9 Å². The molecular formula is C15H21NO5S. The average molecular weight is 327 g/mol. The van der Waals surface area contributed by atoms with Crippen molar-refractivity contribution in [2.75, 3.05) is 16.8 Å². The van der Waals surface area contributed by atoms with E-state index in [1.165, 1.54) is 6.07 Å². The molecule has 1 amide bonds. The van der Waals surface area contributed by atoms with Crippen molar-refractivity contribution in [3.8, 4) is 0 Å². The van der Waals surface area contributed by atoms with Gasteiger partial charge in [-0.05, 0) is 24.1 Å². The van der Waals surface area contributed by atoms with Crippen molar-refractivity contribution in [1.29, 1.82) is 0 Å². The number of hydrogen-bond donors (Lipinski definition) is 2. The number of unbranched alkanes of at least 4 members (excludes halogenated alkanes) is 2. The zero-order chi connectivity index (χ0) is 16.6. The van der Waals surface area contributed by atoms with Crippen LogP contribution in [0.15, 0.2) is 24.3 Å². The highest BCUT2D eigenvalue weighted by atomic mass is 32.2. The van der Waals surface area contributed by atoms with E-state index < -0.39 is 27.5 Å². The van der Waals surface area contributed by atoms with Gasteiger partial charge in [0.2, 0.25) is 5.91 Å². The Balaban J connectivity index is 2.59. The van der Waals surface area contributed by atoms with Crippen LogP contribution in [0, 0.1) is 0 Å². The highest BCUT2D eigenvalue weighted by Gasteiger charge is 2.16. The first-order valence-electron chi connectivity index (χ1n) is 7.13. The molecule has 0 fully saturated rings. The molecule has 0 radical (unpaired) electrons. The lowest BCUT2D eigenvalue weighted by Crippen LogP contribution is -2.24. The summed E-state index contributed by atoms with van der Waals surface area (Å²) < 4.78 is 23.6. The Morgan fingerprint density at radius 3 is 2.59 bits per heavy atom. The maximum atomic E-state index is 11.8. The predicted octanol–water partition coefficient (Wildman–Crippen LogP) is 1.86. The van der Waals surface area contributed by atoms with Crippen molar-refractivity contribution in [3.63, 3.8) is 0 Å². The number of carbonyl (C=O) groups is 2. The Kier molecular flexibility index (Phi) is 7.04. The van der Waals surface area contributed by atoms with Crippen LogP contribution in [-0.2, 0) is 25.8 Å². The molecule has 7 heteroatoms. The number of carboxylic acid groups (broad SMARTS) is 1. The van der Waals surface area contributed by atoms with Gasteiger partial charge < -0.3 is 10.4 Å². The van der Waals surface area contributed by atoms with E-state index in [0.717, 1.165) is 12.8 Å². The first-order chi connectivity index (χ1) is 10.3. The number of amides is 1. The van der Waals surface area contributed by atoms with Gasteiger partial charge in [0.1, 0.15) is 5.75 Å². The first-order valence-corrected chi connectivity index (χ1v) is 8.95. The lowest BCUT2D eigenvalue weighted by atomic mass is 10.1. The zero-order valence-electron chi connectivity index (χ0n) is 12.5. The standard InChI is InChI=1S/C15H21NO5S/c1-2-3-4-8-22(20,21)11-14(17)16-13-7-5-6-12(9-13)10-15(18)19/h5-7,9H,2-4,8,10-11H2,1H3,(H,16,17)(H,18,19). The SMILES string of the molecule is CCCCCS(=O)(=O)CC(=O)Nc1cccc(CC(=O)O)c1. The molecule has 0 aliphatic rings. The van der Waals surface area contributed by atoms with Crippen LogP contribution >= 0.6 is 0 Å². The van der Waals surface area contributed by atoms with Gasteiger partial charge in [0, 0.05) is 5.69 Å². The molecule has 0 saturated heterocycles. The Hall–Kier alpha value is -1.89. The van der Waals surface area contributed by atoms with Crippen LogP contribution in [0.1, 0.15) is 31.7 Å². The van der Waals surface area contributed by atoms with Crippen LogP contribution in [-0.4, -0.2) is 36.9 Å². The van der Waals surface area contributed by atoms with E-state index in [0.29, 0.717) is 17.7 Å². The molecule has 1 rings (SSSR count). The molecule has 0 bridgehead atoms. The topological polar surface area (TPSA) is 101 Å². The Morgan fingerprint density at radius 1 is 1.23 bits per heavy atom. The van der Waals surface area contributed by atoms with Crippen LogP contribution in [0.5, 0.6) is 0 Å². The molecule has 0 aliphatic carbocycles. The number of nitrogens with one attached hydrogen (secondary N) is 1. The summed E-state index contributed by atoms with van der Waals surface area (Å²) in [7, 11) is -3.41. The third-order valence-electron chi connectivity index (χ3n) is 2.98. The second-order valence-electron chi connectivity index (χ2n) is 5.12. The molecule has 0 heterocycles. The lowest BCUT2D eigenvalue weighted by molar-refractivity contribution is -0.136. The molecule has 22 heavy (non-hydrogen) atoms. The van der Waals surface area contributed by atoms with Crippen LogP contribution in [0.25, 0.3) is 0 Å². The molecule has 1 aromatic carbocycles. The van der Waals surface area contributed by atoms with Crippen LogP contribution in [0.2, 0.25) is 0 Å². The summed E-state index contributed by atoms with van der Waals surface area (Å²) in [6.45, 7) is 1.98. The van der Waals surface area contributed by atoms with E-state index in [2.05, 4.69) is 5.32 Å². The van der Waals surface area contributed by atoms with E-state index in [4.69, 9.17) is 5.11 Å². The summed E-state index contributed by atoms with van der Waals surface area (Å²) in [5.74, 6) is -2.13. The maximum absolute atomic E-state index is 11.8. The summed E-state index contributed by atoms with van der Waals surface area (Å²) in [6, 6.07) is 6.36. The highest BCUT2D eigenvalue weighted by molar-refractivity contribution is 7.92. The average Bonchev–Trinajstić information content (AvgIpc) is 2.37. The highest BCUT2D eigenvalue weighted by Crippen LogP contribution is 2.12. The normalized spacial score (nSPS) is 11.1. The van der Waals surface area contributed by atoms with Crippen LogP contribution in [0.3, 0.4) is 0 Å². The van der Waals surface area contributed by atoms with E-state index in [1.807, 2.05) is 6.92 Å². The lowest BCUT2D eigenvalue weighted by Gasteiger charge is -2.07. The van der Waals surface area contributed by atoms with Gasteiger partial charge in [-0.3, -0.25) is 9.59 Å². The summed E-state index contributed by atoms with van der Waals surface area (Å²) in [5, 5.41) is 11.2. The quantitative estimate of drug-likeness (QED) is 0.674. The Morgan fingerprint density at radius 2 is 1.95 bits per heavy atom. The van der Waals surface area contributed by atoms with Crippen molar-refractivity contribution < 1.29 is 23.1 Å². The molecule has 0 saturated carbocycles. The van der Waals surface area contributed by atoms with Crippen molar-refractivity contribution in [1.82, 2.24) is 0 Å². The Labute approximate surface area is 130 Å². The number of carboxylic acids is 1. The molecule has 1 aromatic rings. The molecule has 0 unspecified atom stereocenters. The van der Waals surface area contributed by atoms with Gasteiger partial charge in [0.05, 0.1) is 12.2 Å². The fourth-order valence-electron chi connectivity index (χ4n) is 1.97. The van der Waals surface area contributed by atoms with E-state index in [9.17, 15) is 18.0 Å². The van der Waals surface area contributed by atoms with Crippen molar-refractivity contribution in [2.45, 2.75) is 32.6 Å². The molecule has 0 aromatic heterocycles. The number of anilines is 1. The largest absolute Gasteiger partial charge is 0.481 e. The molecule has 0 spiro atoms. The number of benzene rings is 1. The summed E-state index contributed by atoms with van der Waals surface area (Å²) in [6.07, 6.45) is 2.13. The first kappa shape index (κ1) is 18.2. The van der Waals surface area contributed by atoms with Gasteiger partial charge in [0.15, 0.2) is 9.84 Å². The van der Waals surface area contributed by atoms with E-state index in [1.54, 1.807) is 18.2 Å². The molecule has 2 N–H and O–H groups in total. The number of hydrogen-bond acceptors (Lipinski definition) is 4. The monoisotopic (exact) mass is 327 g/mol. The minimum absolute atomic E-state index is 0.00726. The smallest absolute Gasteiger partial charge is 0.307 e.